The Morgan fingerprint density at radius 3 is 2.94 bits per heavy atom. The van der Waals surface area contributed by atoms with Gasteiger partial charge in [0.25, 0.3) is 0 Å². The number of phenols is 1. The van der Waals surface area contributed by atoms with Crippen molar-refractivity contribution in [3.8, 4) is 5.75 Å². The van der Waals surface area contributed by atoms with Crippen molar-refractivity contribution in [1.29, 1.82) is 0 Å². The third kappa shape index (κ3) is 3.81. The highest BCUT2D eigenvalue weighted by Gasteiger charge is 1.99. The van der Waals surface area contributed by atoms with E-state index in [-0.39, 0.29) is 5.75 Å². The SMILES string of the molecule is Oc1cc(F)cc(CNCCCn2ccnn2)c1. The van der Waals surface area contributed by atoms with Gasteiger partial charge in [0.15, 0.2) is 0 Å². The van der Waals surface area contributed by atoms with Crippen LogP contribution in [0.4, 0.5) is 4.39 Å². The summed E-state index contributed by atoms with van der Waals surface area (Å²) in [5.74, 6) is -0.469. The number of phenolic OH excluding ortho intramolecular Hbond substituents is 1. The van der Waals surface area contributed by atoms with Crippen LogP contribution in [-0.2, 0) is 13.1 Å². The van der Waals surface area contributed by atoms with Gasteiger partial charge < -0.3 is 10.4 Å². The summed E-state index contributed by atoms with van der Waals surface area (Å²) in [4.78, 5) is 0. The normalized spacial score (nSPS) is 10.7. The van der Waals surface area contributed by atoms with E-state index in [2.05, 4.69) is 15.6 Å². The number of nitrogens with one attached hydrogen (secondary N) is 1. The van der Waals surface area contributed by atoms with E-state index in [0.29, 0.717) is 6.54 Å². The van der Waals surface area contributed by atoms with Crippen molar-refractivity contribution in [2.75, 3.05) is 6.54 Å². The Morgan fingerprint density at radius 2 is 2.22 bits per heavy atom. The Hall–Kier alpha value is -1.95. The Labute approximate surface area is 104 Å². The van der Waals surface area contributed by atoms with Crippen LogP contribution in [0.3, 0.4) is 0 Å². The molecule has 0 spiro atoms. The van der Waals surface area contributed by atoms with Gasteiger partial charge in [-0.2, -0.15) is 0 Å². The summed E-state index contributed by atoms with van der Waals surface area (Å²) in [6.07, 6.45) is 4.36. The molecule has 1 heterocycles. The first-order valence-electron chi connectivity index (χ1n) is 5.77. The maximum absolute atomic E-state index is 13.0. The molecule has 2 aromatic rings. The topological polar surface area (TPSA) is 63.0 Å². The average Bonchev–Trinajstić information content (AvgIpc) is 2.80. The molecule has 2 rings (SSSR count). The highest BCUT2D eigenvalue weighted by molar-refractivity contribution is 5.28. The predicted molar refractivity (Wildman–Crippen MR) is 64.4 cm³/mol. The van der Waals surface area contributed by atoms with Gasteiger partial charge in [0.05, 0.1) is 6.20 Å². The lowest BCUT2D eigenvalue weighted by Crippen LogP contribution is -2.16. The summed E-state index contributed by atoms with van der Waals surface area (Å²) >= 11 is 0. The average molecular weight is 250 g/mol. The van der Waals surface area contributed by atoms with Gasteiger partial charge in [-0.05, 0) is 30.7 Å². The largest absolute Gasteiger partial charge is 0.508 e. The van der Waals surface area contributed by atoms with Gasteiger partial charge in [-0.15, -0.1) is 5.10 Å². The second-order valence-corrected chi connectivity index (χ2v) is 4.01. The van der Waals surface area contributed by atoms with Gasteiger partial charge in [0, 0.05) is 25.4 Å². The van der Waals surface area contributed by atoms with E-state index in [9.17, 15) is 9.50 Å². The van der Waals surface area contributed by atoms with E-state index < -0.39 is 5.82 Å². The van der Waals surface area contributed by atoms with Crippen molar-refractivity contribution in [3.05, 3.63) is 42.0 Å². The Morgan fingerprint density at radius 1 is 1.33 bits per heavy atom. The Kier molecular flexibility index (Phi) is 4.25. The molecule has 0 aliphatic rings. The summed E-state index contributed by atoms with van der Waals surface area (Å²) in [5.41, 5.74) is 0.730. The van der Waals surface area contributed by atoms with Crippen LogP contribution in [0.25, 0.3) is 0 Å². The maximum atomic E-state index is 13.0. The summed E-state index contributed by atoms with van der Waals surface area (Å²) in [6, 6.07) is 4.05. The first-order chi connectivity index (χ1) is 8.74. The number of halogens is 1. The van der Waals surface area contributed by atoms with Gasteiger partial charge >= 0.3 is 0 Å². The van der Waals surface area contributed by atoms with Crippen molar-refractivity contribution in [2.45, 2.75) is 19.5 Å². The molecule has 2 N–H and O–H groups in total. The van der Waals surface area contributed by atoms with Crippen LogP contribution in [0.1, 0.15) is 12.0 Å². The first kappa shape index (κ1) is 12.5. The highest BCUT2D eigenvalue weighted by atomic mass is 19.1. The number of hydrogen-bond acceptors (Lipinski definition) is 4. The van der Waals surface area contributed by atoms with Crippen molar-refractivity contribution in [1.82, 2.24) is 20.3 Å². The van der Waals surface area contributed by atoms with Crippen LogP contribution < -0.4 is 5.32 Å². The van der Waals surface area contributed by atoms with E-state index >= 15 is 0 Å². The van der Waals surface area contributed by atoms with E-state index in [1.165, 1.54) is 6.07 Å². The molecule has 0 saturated heterocycles. The van der Waals surface area contributed by atoms with Gasteiger partial charge in [0.2, 0.25) is 0 Å². The highest BCUT2D eigenvalue weighted by Crippen LogP contribution is 2.14. The third-order valence-electron chi connectivity index (χ3n) is 2.48. The van der Waals surface area contributed by atoms with E-state index in [4.69, 9.17) is 0 Å². The van der Waals surface area contributed by atoms with Crippen LogP contribution in [0, 0.1) is 5.82 Å². The zero-order valence-corrected chi connectivity index (χ0v) is 9.88. The first-order valence-corrected chi connectivity index (χ1v) is 5.77. The summed E-state index contributed by atoms with van der Waals surface area (Å²) in [5, 5.41) is 20.0. The van der Waals surface area contributed by atoms with E-state index in [0.717, 1.165) is 31.1 Å². The smallest absolute Gasteiger partial charge is 0.127 e. The van der Waals surface area contributed by atoms with Crippen LogP contribution >= 0.6 is 0 Å². The molecule has 0 radical (unpaired) electrons. The number of aromatic hydroxyl groups is 1. The lowest BCUT2D eigenvalue weighted by Gasteiger charge is -2.05. The summed E-state index contributed by atoms with van der Waals surface area (Å²) in [6.45, 7) is 2.11. The zero-order valence-electron chi connectivity index (χ0n) is 9.88. The number of aromatic nitrogens is 3. The van der Waals surface area contributed by atoms with Crippen LogP contribution in [0.5, 0.6) is 5.75 Å². The van der Waals surface area contributed by atoms with Crippen molar-refractivity contribution >= 4 is 0 Å². The van der Waals surface area contributed by atoms with Crippen LogP contribution in [-0.4, -0.2) is 26.6 Å². The second-order valence-electron chi connectivity index (χ2n) is 4.01. The maximum Gasteiger partial charge on any atom is 0.127 e. The quantitative estimate of drug-likeness (QED) is 0.759. The lowest BCUT2D eigenvalue weighted by atomic mass is 10.2. The predicted octanol–water partition coefficient (Wildman–Crippen LogP) is 1.30. The molecule has 1 aromatic heterocycles. The molecule has 1 aromatic carbocycles. The molecule has 96 valence electrons. The van der Waals surface area contributed by atoms with Crippen LogP contribution in [0.2, 0.25) is 0 Å². The Balaban J connectivity index is 1.68. The fourth-order valence-electron chi connectivity index (χ4n) is 1.69. The Bertz CT molecular complexity index is 467. The molecule has 0 aliphatic heterocycles. The van der Waals surface area contributed by atoms with Crippen molar-refractivity contribution < 1.29 is 9.50 Å². The molecular formula is C12H15FN4O. The summed E-state index contributed by atoms with van der Waals surface area (Å²) in [7, 11) is 0. The van der Waals surface area contributed by atoms with E-state index in [1.54, 1.807) is 16.9 Å². The minimum atomic E-state index is -0.422. The fraction of sp³-hybridized carbons (Fsp3) is 0.333. The lowest BCUT2D eigenvalue weighted by molar-refractivity contribution is 0.467. The number of nitrogens with zero attached hydrogens (tertiary/aromatic N) is 3. The molecule has 0 amide bonds. The molecule has 0 atom stereocenters. The molecule has 0 unspecified atom stereocenters. The molecule has 5 nitrogen and oxygen atoms in total. The monoisotopic (exact) mass is 250 g/mol. The molecule has 0 saturated carbocycles. The standard InChI is InChI=1S/C12H15FN4O/c13-11-6-10(7-12(18)8-11)9-14-2-1-4-17-5-3-15-16-17/h3,5-8,14,18H,1-2,4,9H2. The number of hydrogen-bond donors (Lipinski definition) is 2. The molecule has 18 heavy (non-hydrogen) atoms. The second kappa shape index (κ2) is 6.11. The molecular weight excluding hydrogens is 235 g/mol. The van der Waals surface area contributed by atoms with Gasteiger partial charge in [-0.25, -0.2) is 4.39 Å². The number of benzene rings is 1. The molecule has 6 heteroatoms. The summed E-state index contributed by atoms with van der Waals surface area (Å²) < 4.78 is 14.7. The van der Waals surface area contributed by atoms with E-state index in [1.807, 2.05) is 6.20 Å². The molecule has 0 fully saturated rings. The van der Waals surface area contributed by atoms with Crippen molar-refractivity contribution in [3.63, 3.8) is 0 Å². The fourth-order valence-corrected chi connectivity index (χ4v) is 1.69. The van der Waals surface area contributed by atoms with Crippen LogP contribution in [0.15, 0.2) is 30.6 Å². The molecule has 0 aliphatic carbocycles. The number of rotatable bonds is 6. The van der Waals surface area contributed by atoms with Gasteiger partial charge in [-0.3, -0.25) is 4.68 Å². The molecule has 0 bridgehead atoms. The van der Waals surface area contributed by atoms with Gasteiger partial charge in [0.1, 0.15) is 11.6 Å². The number of aryl methyl sites for hydroxylation is 1. The zero-order chi connectivity index (χ0) is 12.8. The van der Waals surface area contributed by atoms with Gasteiger partial charge in [-0.1, -0.05) is 5.21 Å². The minimum absolute atomic E-state index is 0.0468. The van der Waals surface area contributed by atoms with Crippen molar-refractivity contribution in [2.24, 2.45) is 0 Å². The minimum Gasteiger partial charge on any atom is -0.508 e. The third-order valence-corrected chi connectivity index (χ3v) is 2.48.